The molecule has 3 rings (SSSR count). The smallest absolute Gasteiger partial charge is 0.265 e. The van der Waals surface area contributed by atoms with Gasteiger partial charge in [-0.1, -0.05) is 23.7 Å². The zero-order valence-electron chi connectivity index (χ0n) is 12.8. The molecular formula is C18H12ClFN2O2S. The first-order chi connectivity index (χ1) is 12.0. The van der Waals surface area contributed by atoms with Gasteiger partial charge in [0, 0.05) is 16.9 Å². The number of carbonyl (C=O) groups excluding carboxylic acids is 2. The summed E-state index contributed by atoms with van der Waals surface area (Å²) in [5, 5.41) is 7.11. The van der Waals surface area contributed by atoms with Gasteiger partial charge in [-0.15, -0.1) is 11.3 Å². The van der Waals surface area contributed by atoms with Crippen molar-refractivity contribution >= 4 is 46.1 Å². The van der Waals surface area contributed by atoms with Crippen LogP contribution in [0.25, 0.3) is 0 Å². The van der Waals surface area contributed by atoms with Crippen molar-refractivity contribution in [3.8, 4) is 0 Å². The van der Waals surface area contributed by atoms with E-state index in [0.717, 1.165) is 0 Å². The number of rotatable bonds is 4. The molecule has 7 heteroatoms. The van der Waals surface area contributed by atoms with E-state index in [1.165, 1.54) is 29.5 Å². The number of hydrogen-bond acceptors (Lipinski definition) is 3. The zero-order valence-corrected chi connectivity index (χ0v) is 14.3. The van der Waals surface area contributed by atoms with Crippen LogP contribution in [0.15, 0.2) is 60.0 Å². The fourth-order valence-electron chi connectivity index (χ4n) is 2.12. The van der Waals surface area contributed by atoms with Gasteiger partial charge in [-0.2, -0.15) is 0 Å². The summed E-state index contributed by atoms with van der Waals surface area (Å²) in [5.41, 5.74) is 1.23. The number of benzene rings is 2. The third-order valence-electron chi connectivity index (χ3n) is 3.31. The minimum atomic E-state index is -0.557. The fourth-order valence-corrected chi connectivity index (χ4v) is 2.92. The van der Waals surface area contributed by atoms with Crippen molar-refractivity contribution in [3.05, 3.63) is 81.3 Å². The van der Waals surface area contributed by atoms with E-state index in [1.54, 1.807) is 36.4 Å². The summed E-state index contributed by atoms with van der Waals surface area (Å²) in [6.07, 6.45) is 0. The number of thiophene rings is 1. The molecule has 0 spiro atoms. The Morgan fingerprint density at radius 1 is 0.920 bits per heavy atom. The Kier molecular flexibility index (Phi) is 5.11. The van der Waals surface area contributed by atoms with Gasteiger partial charge in [0.1, 0.15) is 5.82 Å². The molecule has 1 heterocycles. The van der Waals surface area contributed by atoms with Gasteiger partial charge in [0.2, 0.25) is 0 Å². The predicted molar refractivity (Wildman–Crippen MR) is 98.1 cm³/mol. The molecule has 2 N–H and O–H groups in total. The lowest BCUT2D eigenvalue weighted by Crippen LogP contribution is -2.14. The molecule has 0 unspecified atom stereocenters. The van der Waals surface area contributed by atoms with Crippen molar-refractivity contribution in [2.75, 3.05) is 10.6 Å². The van der Waals surface area contributed by atoms with Crippen LogP contribution < -0.4 is 10.6 Å². The summed E-state index contributed by atoms with van der Waals surface area (Å²) in [6.45, 7) is 0. The standard InChI is InChI=1S/C18H12ClFN2O2S/c19-14-10-13(6-7-15(14)20)21-17(23)11-3-1-4-12(9-11)22-18(24)16-5-2-8-25-16/h1-10H,(H,21,23)(H,22,24). The molecule has 0 radical (unpaired) electrons. The van der Waals surface area contributed by atoms with Crippen LogP contribution in [-0.4, -0.2) is 11.8 Å². The lowest BCUT2D eigenvalue weighted by molar-refractivity contribution is 0.101. The van der Waals surface area contributed by atoms with E-state index in [1.807, 2.05) is 5.38 Å². The first-order valence-corrected chi connectivity index (χ1v) is 8.50. The van der Waals surface area contributed by atoms with Gasteiger partial charge in [-0.05, 0) is 47.8 Å². The predicted octanol–water partition coefficient (Wildman–Crippen LogP) is 5.05. The molecule has 1 aromatic heterocycles. The van der Waals surface area contributed by atoms with Gasteiger partial charge in [0.05, 0.1) is 9.90 Å². The van der Waals surface area contributed by atoms with E-state index in [-0.39, 0.29) is 10.9 Å². The number of anilines is 2. The van der Waals surface area contributed by atoms with E-state index in [2.05, 4.69) is 10.6 Å². The van der Waals surface area contributed by atoms with E-state index in [9.17, 15) is 14.0 Å². The van der Waals surface area contributed by atoms with Gasteiger partial charge in [0.15, 0.2) is 0 Å². The summed E-state index contributed by atoms with van der Waals surface area (Å²) in [7, 11) is 0. The molecule has 0 saturated heterocycles. The Balaban J connectivity index is 1.73. The quantitative estimate of drug-likeness (QED) is 0.671. The summed E-state index contributed by atoms with van der Waals surface area (Å²) >= 11 is 7.03. The Hall–Kier alpha value is -2.70. The van der Waals surface area contributed by atoms with Gasteiger partial charge >= 0.3 is 0 Å². The fraction of sp³-hybridized carbons (Fsp3) is 0. The molecule has 0 saturated carbocycles. The topological polar surface area (TPSA) is 58.2 Å². The summed E-state index contributed by atoms with van der Waals surface area (Å²) < 4.78 is 13.2. The van der Waals surface area contributed by atoms with E-state index in [4.69, 9.17) is 11.6 Å². The maximum absolute atomic E-state index is 13.2. The molecule has 2 aromatic carbocycles. The van der Waals surface area contributed by atoms with Crippen molar-refractivity contribution in [2.24, 2.45) is 0 Å². The monoisotopic (exact) mass is 374 g/mol. The highest BCUT2D eigenvalue weighted by Crippen LogP contribution is 2.21. The maximum Gasteiger partial charge on any atom is 0.265 e. The summed E-state index contributed by atoms with van der Waals surface area (Å²) in [6, 6.07) is 14.0. The van der Waals surface area contributed by atoms with E-state index >= 15 is 0 Å². The van der Waals surface area contributed by atoms with Crippen LogP contribution in [-0.2, 0) is 0 Å². The molecule has 3 aromatic rings. The number of carbonyl (C=O) groups is 2. The molecule has 0 aliphatic carbocycles. The third kappa shape index (κ3) is 4.23. The van der Waals surface area contributed by atoms with Crippen LogP contribution in [0.5, 0.6) is 0 Å². The number of halogens is 2. The first kappa shape index (κ1) is 17.1. The minimum absolute atomic E-state index is 0.0743. The highest BCUT2D eigenvalue weighted by molar-refractivity contribution is 7.12. The molecule has 126 valence electrons. The lowest BCUT2D eigenvalue weighted by atomic mass is 10.1. The second-order valence-corrected chi connectivity index (χ2v) is 6.45. The van der Waals surface area contributed by atoms with Crippen LogP contribution in [0.4, 0.5) is 15.8 Å². The zero-order chi connectivity index (χ0) is 17.8. The second kappa shape index (κ2) is 7.46. The molecular weight excluding hydrogens is 363 g/mol. The molecule has 0 aliphatic rings. The van der Waals surface area contributed by atoms with Gasteiger partial charge in [-0.3, -0.25) is 9.59 Å². The summed E-state index contributed by atoms with van der Waals surface area (Å²) in [4.78, 5) is 25.0. The Morgan fingerprint density at radius 3 is 2.40 bits per heavy atom. The molecule has 4 nitrogen and oxygen atoms in total. The van der Waals surface area contributed by atoms with Crippen molar-refractivity contribution in [1.29, 1.82) is 0 Å². The number of hydrogen-bond donors (Lipinski definition) is 2. The van der Waals surface area contributed by atoms with Crippen LogP contribution in [0, 0.1) is 5.82 Å². The van der Waals surface area contributed by atoms with Gasteiger partial charge in [-0.25, -0.2) is 4.39 Å². The molecule has 0 aliphatic heterocycles. The van der Waals surface area contributed by atoms with Crippen LogP contribution >= 0.6 is 22.9 Å². The lowest BCUT2D eigenvalue weighted by Gasteiger charge is -2.08. The largest absolute Gasteiger partial charge is 0.322 e. The molecule has 0 bridgehead atoms. The molecule has 0 fully saturated rings. The van der Waals surface area contributed by atoms with Crippen molar-refractivity contribution in [2.45, 2.75) is 0 Å². The average molecular weight is 375 g/mol. The van der Waals surface area contributed by atoms with Gasteiger partial charge in [0.25, 0.3) is 11.8 Å². The van der Waals surface area contributed by atoms with Crippen LogP contribution in [0.1, 0.15) is 20.0 Å². The number of amides is 2. The van der Waals surface area contributed by atoms with Crippen molar-refractivity contribution < 1.29 is 14.0 Å². The van der Waals surface area contributed by atoms with Crippen molar-refractivity contribution in [3.63, 3.8) is 0 Å². The average Bonchev–Trinajstić information content (AvgIpc) is 3.13. The highest BCUT2D eigenvalue weighted by atomic mass is 35.5. The number of nitrogens with one attached hydrogen (secondary N) is 2. The Morgan fingerprint density at radius 2 is 1.68 bits per heavy atom. The van der Waals surface area contributed by atoms with Gasteiger partial charge < -0.3 is 10.6 Å². The first-order valence-electron chi connectivity index (χ1n) is 7.24. The Labute approximate surface area is 152 Å². The normalized spacial score (nSPS) is 10.3. The molecule has 2 amide bonds. The highest BCUT2D eigenvalue weighted by Gasteiger charge is 2.11. The van der Waals surface area contributed by atoms with Crippen LogP contribution in [0.3, 0.4) is 0 Å². The van der Waals surface area contributed by atoms with E-state index in [0.29, 0.717) is 21.8 Å². The molecule has 25 heavy (non-hydrogen) atoms. The third-order valence-corrected chi connectivity index (χ3v) is 4.46. The second-order valence-electron chi connectivity index (χ2n) is 5.10. The van der Waals surface area contributed by atoms with E-state index < -0.39 is 11.7 Å². The molecule has 0 atom stereocenters. The SMILES string of the molecule is O=C(Nc1ccc(F)c(Cl)c1)c1cccc(NC(=O)c2cccs2)c1. The minimum Gasteiger partial charge on any atom is -0.322 e. The van der Waals surface area contributed by atoms with Crippen molar-refractivity contribution in [1.82, 2.24) is 0 Å². The van der Waals surface area contributed by atoms with Crippen LogP contribution in [0.2, 0.25) is 5.02 Å². The Bertz CT molecular complexity index is 929. The maximum atomic E-state index is 13.2. The summed E-state index contributed by atoms with van der Waals surface area (Å²) in [5.74, 6) is -1.19.